The number of carboxylic acids is 1. The van der Waals surface area contributed by atoms with Gasteiger partial charge in [-0.15, -0.1) is 23.4 Å². The van der Waals surface area contributed by atoms with Gasteiger partial charge in [0.2, 0.25) is 0 Å². The van der Waals surface area contributed by atoms with Crippen LogP contribution in [0.2, 0.25) is 0 Å². The van der Waals surface area contributed by atoms with Gasteiger partial charge in [0.1, 0.15) is 6.04 Å². The second-order valence-corrected chi connectivity index (χ2v) is 11.6. The Morgan fingerprint density at radius 3 is 2.73 bits per heavy atom. The Hall–Kier alpha value is -2.25. The number of nitrogens with zero attached hydrogens (tertiary/aromatic N) is 2. The second-order valence-electron chi connectivity index (χ2n) is 9.77. The van der Waals surface area contributed by atoms with Crippen LogP contribution in [0.5, 0.6) is 0 Å². The summed E-state index contributed by atoms with van der Waals surface area (Å²) in [6.07, 6.45) is 4.14. The molecule has 2 aromatic carbocycles. The van der Waals surface area contributed by atoms with Gasteiger partial charge in [0.25, 0.3) is 5.69 Å². The number of para-hydroxylation sites is 2. The number of nitro groups is 1. The highest BCUT2D eigenvalue weighted by molar-refractivity contribution is 8.00. The molecule has 0 saturated heterocycles. The van der Waals surface area contributed by atoms with E-state index in [9.17, 15) is 20.0 Å². The quantitative estimate of drug-likeness (QED) is 0.343. The first kappa shape index (κ1) is 21.3. The summed E-state index contributed by atoms with van der Waals surface area (Å²) < 4.78 is 0. The number of fused-ring (bicyclic) bond motifs is 4. The van der Waals surface area contributed by atoms with E-state index < -0.39 is 12.0 Å². The molecular formula is C25H25ClN2O4S. The van der Waals surface area contributed by atoms with Crippen LogP contribution in [-0.2, 0) is 4.79 Å². The summed E-state index contributed by atoms with van der Waals surface area (Å²) >= 11 is 8.53. The molecule has 2 heterocycles. The molecule has 0 aromatic heterocycles. The number of anilines is 1. The molecule has 2 fully saturated rings. The molecule has 172 valence electrons. The minimum atomic E-state index is -0.790. The third kappa shape index (κ3) is 3.19. The molecular weight excluding hydrogens is 460 g/mol. The number of hydrogen-bond donors (Lipinski definition) is 1. The number of aliphatic carboxylic acids is 1. The molecule has 1 N–H and O–H groups in total. The van der Waals surface area contributed by atoms with Gasteiger partial charge in [-0.3, -0.25) is 10.1 Å². The largest absolute Gasteiger partial charge is 0.480 e. The fraction of sp³-hybridized carbons (Fsp3) is 0.480. The van der Waals surface area contributed by atoms with E-state index in [1.165, 1.54) is 41.8 Å². The Kier molecular flexibility index (Phi) is 5.11. The first-order chi connectivity index (χ1) is 16.0. The minimum absolute atomic E-state index is 0.0720. The Morgan fingerprint density at radius 2 is 1.94 bits per heavy atom. The van der Waals surface area contributed by atoms with Crippen molar-refractivity contribution in [3.05, 3.63) is 63.7 Å². The van der Waals surface area contributed by atoms with Crippen LogP contribution in [0.25, 0.3) is 0 Å². The SMILES string of the molecule is O=C(O)C1C2CC(Sc3ccccc3[N+](=O)[O-])C(Cl)C2c2cccc3c2N1CC1CCCC31. The van der Waals surface area contributed by atoms with Crippen molar-refractivity contribution in [3.63, 3.8) is 0 Å². The molecule has 2 saturated carbocycles. The van der Waals surface area contributed by atoms with Gasteiger partial charge in [-0.1, -0.05) is 36.8 Å². The van der Waals surface area contributed by atoms with Crippen LogP contribution in [0.4, 0.5) is 11.4 Å². The summed E-state index contributed by atoms with van der Waals surface area (Å²) in [5.74, 6) is 0.0382. The van der Waals surface area contributed by atoms with E-state index in [1.54, 1.807) is 18.2 Å². The molecule has 2 aliphatic carbocycles. The molecule has 6 rings (SSSR count). The van der Waals surface area contributed by atoms with Crippen LogP contribution < -0.4 is 4.90 Å². The zero-order valence-electron chi connectivity index (χ0n) is 18.0. The summed E-state index contributed by atoms with van der Waals surface area (Å²) in [6.45, 7) is 0.795. The lowest BCUT2D eigenvalue weighted by Crippen LogP contribution is -2.54. The smallest absolute Gasteiger partial charge is 0.326 e. The van der Waals surface area contributed by atoms with Crippen LogP contribution in [0.3, 0.4) is 0 Å². The topological polar surface area (TPSA) is 83.7 Å². The molecule has 6 nitrogen and oxygen atoms in total. The molecule has 0 bridgehead atoms. The van der Waals surface area contributed by atoms with E-state index in [0.29, 0.717) is 23.2 Å². The number of hydrogen-bond acceptors (Lipinski definition) is 5. The van der Waals surface area contributed by atoms with Gasteiger partial charge in [0, 0.05) is 29.5 Å². The zero-order chi connectivity index (χ0) is 22.9. The normalized spacial score (nSPS) is 33.8. The van der Waals surface area contributed by atoms with Crippen LogP contribution >= 0.6 is 23.4 Å². The monoisotopic (exact) mass is 484 g/mol. The number of halogens is 1. The highest BCUT2D eigenvalue weighted by Crippen LogP contribution is 2.60. The summed E-state index contributed by atoms with van der Waals surface area (Å²) in [5.41, 5.74) is 3.65. The van der Waals surface area contributed by atoms with Crippen molar-refractivity contribution < 1.29 is 14.8 Å². The van der Waals surface area contributed by atoms with E-state index >= 15 is 0 Å². The van der Waals surface area contributed by atoms with Crippen LogP contribution in [-0.4, -0.2) is 39.2 Å². The molecule has 0 amide bonds. The molecule has 7 unspecified atom stereocenters. The van der Waals surface area contributed by atoms with Crippen molar-refractivity contribution in [3.8, 4) is 0 Å². The van der Waals surface area contributed by atoms with Crippen molar-refractivity contribution in [2.75, 3.05) is 11.4 Å². The fourth-order valence-electron chi connectivity index (χ4n) is 7.01. The number of thioether (sulfide) groups is 1. The van der Waals surface area contributed by atoms with Gasteiger partial charge < -0.3 is 10.0 Å². The number of rotatable bonds is 4. The van der Waals surface area contributed by atoms with E-state index in [4.69, 9.17) is 11.6 Å². The predicted molar refractivity (Wildman–Crippen MR) is 129 cm³/mol. The maximum Gasteiger partial charge on any atom is 0.326 e. The van der Waals surface area contributed by atoms with Crippen molar-refractivity contribution >= 4 is 40.7 Å². The van der Waals surface area contributed by atoms with Gasteiger partial charge >= 0.3 is 5.97 Å². The molecule has 0 radical (unpaired) electrons. The minimum Gasteiger partial charge on any atom is -0.480 e. The number of benzene rings is 2. The Morgan fingerprint density at radius 1 is 1.15 bits per heavy atom. The molecule has 4 aliphatic rings. The maximum absolute atomic E-state index is 12.6. The summed E-state index contributed by atoms with van der Waals surface area (Å²) in [4.78, 5) is 26.6. The van der Waals surface area contributed by atoms with E-state index in [0.717, 1.165) is 18.7 Å². The van der Waals surface area contributed by atoms with Gasteiger partial charge in [-0.05, 0) is 54.2 Å². The fourth-order valence-corrected chi connectivity index (χ4v) is 8.96. The van der Waals surface area contributed by atoms with Crippen molar-refractivity contribution in [2.45, 2.75) is 59.1 Å². The maximum atomic E-state index is 12.6. The lowest BCUT2D eigenvalue weighted by Gasteiger charge is -2.49. The van der Waals surface area contributed by atoms with Gasteiger partial charge in [0.05, 0.1) is 15.2 Å². The van der Waals surface area contributed by atoms with Crippen molar-refractivity contribution in [1.29, 1.82) is 0 Å². The van der Waals surface area contributed by atoms with Crippen LogP contribution in [0.15, 0.2) is 47.4 Å². The Balaban J connectivity index is 1.42. The molecule has 0 spiro atoms. The highest BCUT2D eigenvalue weighted by atomic mass is 35.5. The summed E-state index contributed by atoms with van der Waals surface area (Å²) in [5, 5.41) is 21.5. The molecule has 8 heteroatoms. The highest BCUT2D eigenvalue weighted by Gasteiger charge is 2.56. The average molecular weight is 485 g/mol. The lowest BCUT2D eigenvalue weighted by atomic mass is 9.72. The van der Waals surface area contributed by atoms with Crippen LogP contribution in [0, 0.1) is 22.0 Å². The lowest BCUT2D eigenvalue weighted by molar-refractivity contribution is -0.387. The average Bonchev–Trinajstić information content (AvgIpc) is 3.39. The second kappa shape index (κ2) is 7.91. The number of alkyl halides is 1. The number of carbonyl (C=O) groups is 1. The molecule has 2 aliphatic heterocycles. The standard InChI is InChI=1S/C25H25ClN2O4S/c26-22-20(33-19-10-2-1-9-18(19)28(31)32)11-17-21(22)16-8-4-7-15-14-6-3-5-13(14)12-27(23(15)16)24(17)25(29)30/h1-2,4,7-10,13-14,17,20-22,24H,3,5-6,11-12H2,(H,29,30). The Bertz CT molecular complexity index is 1140. The van der Waals surface area contributed by atoms with E-state index in [2.05, 4.69) is 23.1 Å². The van der Waals surface area contributed by atoms with Gasteiger partial charge in [-0.2, -0.15) is 0 Å². The van der Waals surface area contributed by atoms with Crippen molar-refractivity contribution in [2.24, 2.45) is 11.8 Å². The first-order valence-corrected chi connectivity index (χ1v) is 12.9. The van der Waals surface area contributed by atoms with E-state index in [-0.39, 0.29) is 33.1 Å². The van der Waals surface area contributed by atoms with Gasteiger partial charge in [0.15, 0.2) is 0 Å². The van der Waals surface area contributed by atoms with Crippen LogP contribution in [0.1, 0.15) is 48.6 Å². The van der Waals surface area contributed by atoms with Crippen molar-refractivity contribution in [1.82, 2.24) is 0 Å². The van der Waals surface area contributed by atoms with E-state index in [1.807, 2.05) is 0 Å². The molecule has 7 atom stereocenters. The molecule has 2 aromatic rings. The summed E-state index contributed by atoms with van der Waals surface area (Å²) in [6, 6.07) is 12.5. The molecule has 33 heavy (non-hydrogen) atoms. The Labute approximate surface area is 201 Å². The third-order valence-corrected chi connectivity index (χ3v) is 10.3. The first-order valence-electron chi connectivity index (χ1n) is 11.6. The number of nitro benzene ring substituents is 1. The third-order valence-electron chi connectivity index (χ3n) is 8.23. The van der Waals surface area contributed by atoms with Gasteiger partial charge in [-0.25, -0.2) is 4.79 Å². The zero-order valence-corrected chi connectivity index (χ0v) is 19.5. The predicted octanol–water partition coefficient (Wildman–Crippen LogP) is 5.64. The number of carboxylic acid groups (broad SMARTS) is 1. The summed E-state index contributed by atoms with van der Waals surface area (Å²) in [7, 11) is 0.